The van der Waals surface area contributed by atoms with Crippen molar-refractivity contribution in [1.82, 2.24) is 5.32 Å². The number of carboxylic acid groups (broad SMARTS) is 1. The SMILES string of the molecule is CC(C)(Oc1cccc(Br)c1)/C(=N/C#N)NC1C2CC3CC1CC(C(=O)O)(C3)C2. The summed E-state index contributed by atoms with van der Waals surface area (Å²) < 4.78 is 7.09. The van der Waals surface area contributed by atoms with Crippen molar-refractivity contribution in [2.75, 3.05) is 0 Å². The number of aliphatic imine (C=N–C) groups is 1. The lowest BCUT2D eigenvalue weighted by molar-refractivity contribution is -0.166. The number of benzene rings is 1. The molecule has 0 amide bonds. The molecule has 29 heavy (non-hydrogen) atoms. The van der Waals surface area contributed by atoms with Gasteiger partial charge in [-0.05, 0) is 81.9 Å². The van der Waals surface area contributed by atoms with Crippen LogP contribution in [0.2, 0.25) is 0 Å². The third-order valence-corrected chi connectivity index (χ3v) is 7.42. The zero-order valence-corrected chi connectivity index (χ0v) is 18.3. The van der Waals surface area contributed by atoms with Crippen LogP contribution in [-0.4, -0.2) is 28.6 Å². The second-order valence-corrected chi connectivity index (χ2v) is 10.3. The van der Waals surface area contributed by atoms with Crippen molar-refractivity contribution in [3.8, 4) is 11.9 Å². The molecule has 0 aliphatic heterocycles. The van der Waals surface area contributed by atoms with E-state index in [-0.39, 0.29) is 6.04 Å². The molecule has 2 unspecified atom stereocenters. The molecule has 2 N–H and O–H groups in total. The van der Waals surface area contributed by atoms with E-state index in [0.29, 0.717) is 42.2 Å². The van der Waals surface area contributed by atoms with Gasteiger partial charge < -0.3 is 15.2 Å². The molecule has 4 saturated carbocycles. The Bertz CT molecular complexity index is 876. The Balaban J connectivity index is 1.54. The number of aliphatic carboxylic acids is 1. The molecule has 7 heteroatoms. The Kier molecular flexibility index (Phi) is 5.10. The largest absolute Gasteiger partial charge is 0.481 e. The van der Waals surface area contributed by atoms with Crippen molar-refractivity contribution in [3.63, 3.8) is 0 Å². The summed E-state index contributed by atoms with van der Waals surface area (Å²) in [7, 11) is 0. The molecule has 0 radical (unpaired) electrons. The maximum atomic E-state index is 12.0. The first-order valence-corrected chi connectivity index (χ1v) is 10.9. The minimum atomic E-state index is -0.824. The molecule has 2 atom stereocenters. The fourth-order valence-corrected chi connectivity index (χ4v) is 6.32. The summed E-state index contributed by atoms with van der Waals surface area (Å²) in [5.41, 5.74) is -1.38. The quantitative estimate of drug-likeness (QED) is 0.387. The third-order valence-electron chi connectivity index (χ3n) is 6.93. The van der Waals surface area contributed by atoms with Crippen molar-refractivity contribution < 1.29 is 14.6 Å². The Morgan fingerprint density at radius 1 is 1.34 bits per heavy atom. The summed E-state index contributed by atoms with van der Waals surface area (Å²) in [6, 6.07) is 7.71. The minimum Gasteiger partial charge on any atom is -0.481 e. The van der Waals surface area contributed by atoms with Crippen LogP contribution in [0.25, 0.3) is 0 Å². The molecule has 4 aliphatic rings. The number of carboxylic acids is 1. The Hall–Kier alpha value is -2.07. The number of hydrogen-bond acceptors (Lipinski definition) is 4. The smallest absolute Gasteiger partial charge is 0.309 e. The van der Waals surface area contributed by atoms with Crippen LogP contribution < -0.4 is 10.1 Å². The van der Waals surface area contributed by atoms with Crippen molar-refractivity contribution in [2.45, 2.75) is 57.6 Å². The van der Waals surface area contributed by atoms with E-state index in [1.807, 2.05) is 44.3 Å². The fourth-order valence-electron chi connectivity index (χ4n) is 5.94. The van der Waals surface area contributed by atoms with Crippen LogP contribution in [0, 0.1) is 34.6 Å². The first-order valence-electron chi connectivity index (χ1n) is 10.1. The highest BCUT2D eigenvalue weighted by molar-refractivity contribution is 9.10. The van der Waals surface area contributed by atoms with Crippen molar-refractivity contribution in [2.24, 2.45) is 28.2 Å². The minimum absolute atomic E-state index is 0.136. The molecule has 5 rings (SSSR count). The maximum absolute atomic E-state index is 12.0. The van der Waals surface area contributed by atoms with Gasteiger partial charge in [-0.2, -0.15) is 10.3 Å². The van der Waals surface area contributed by atoms with E-state index >= 15 is 0 Å². The van der Waals surface area contributed by atoms with Crippen LogP contribution >= 0.6 is 15.9 Å². The lowest BCUT2D eigenvalue weighted by Crippen LogP contribution is -2.63. The topological polar surface area (TPSA) is 94.7 Å². The van der Waals surface area contributed by atoms with Gasteiger partial charge in [0.1, 0.15) is 5.75 Å². The molecule has 1 aromatic rings. The molecule has 6 nitrogen and oxygen atoms in total. The highest BCUT2D eigenvalue weighted by Crippen LogP contribution is 2.60. The molecular formula is C22H26BrN3O3. The van der Waals surface area contributed by atoms with Gasteiger partial charge >= 0.3 is 5.97 Å². The molecule has 0 heterocycles. The fraction of sp³-hybridized carbons (Fsp3) is 0.591. The predicted molar refractivity (Wildman–Crippen MR) is 112 cm³/mol. The summed E-state index contributed by atoms with van der Waals surface area (Å²) in [6.45, 7) is 3.79. The summed E-state index contributed by atoms with van der Waals surface area (Å²) >= 11 is 3.45. The lowest BCUT2D eigenvalue weighted by Gasteiger charge is -2.58. The Morgan fingerprint density at radius 2 is 2.03 bits per heavy atom. The van der Waals surface area contributed by atoms with Crippen LogP contribution in [0.4, 0.5) is 0 Å². The Morgan fingerprint density at radius 3 is 2.62 bits per heavy atom. The summed E-state index contributed by atoms with van der Waals surface area (Å²) in [5.74, 6) is 1.64. The molecule has 0 aromatic heterocycles. The van der Waals surface area contributed by atoms with Crippen LogP contribution in [0.1, 0.15) is 46.0 Å². The van der Waals surface area contributed by atoms with E-state index in [2.05, 4.69) is 26.2 Å². The van der Waals surface area contributed by atoms with Gasteiger partial charge in [-0.15, -0.1) is 0 Å². The van der Waals surface area contributed by atoms with Crippen LogP contribution in [0.3, 0.4) is 0 Å². The monoisotopic (exact) mass is 459 g/mol. The summed E-state index contributed by atoms with van der Waals surface area (Å²) in [4.78, 5) is 16.0. The maximum Gasteiger partial charge on any atom is 0.309 e. The predicted octanol–water partition coefficient (Wildman–Crippen LogP) is 4.36. The number of hydrogen-bond donors (Lipinski definition) is 2. The standard InChI is InChI=1S/C22H26BrN3O3/c1-21(2,29-17-5-3-4-16(23)8-17)19(25-12-24)26-18-14-6-13-7-15(18)11-22(9-13,10-14)20(27)28/h3-5,8,13-15,18H,6-7,9-11H2,1-2H3,(H,25,26)(H,27,28). The van der Waals surface area contributed by atoms with Gasteiger partial charge in [-0.25, -0.2) is 0 Å². The number of nitrogens with zero attached hydrogens (tertiary/aromatic N) is 2. The second-order valence-electron chi connectivity index (χ2n) is 9.36. The van der Waals surface area contributed by atoms with Gasteiger partial charge in [0.05, 0.1) is 5.41 Å². The number of nitriles is 1. The first kappa shape index (κ1) is 20.2. The van der Waals surface area contributed by atoms with Gasteiger partial charge in [0.2, 0.25) is 6.19 Å². The number of rotatable bonds is 5. The molecule has 1 aromatic carbocycles. The normalized spacial score (nSPS) is 33.2. The van der Waals surface area contributed by atoms with E-state index in [1.54, 1.807) is 0 Å². The molecule has 154 valence electrons. The molecule has 4 aliphatic carbocycles. The molecule has 0 spiro atoms. The number of nitrogens with one attached hydrogen (secondary N) is 1. The van der Waals surface area contributed by atoms with E-state index in [9.17, 15) is 15.2 Å². The number of amidine groups is 1. The average molecular weight is 460 g/mol. The van der Waals surface area contributed by atoms with Crippen LogP contribution in [-0.2, 0) is 4.79 Å². The summed E-state index contributed by atoms with van der Waals surface area (Å²) in [5, 5.41) is 22.7. The zero-order valence-electron chi connectivity index (χ0n) is 16.7. The molecular weight excluding hydrogens is 434 g/mol. The molecule has 4 bridgehead atoms. The van der Waals surface area contributed by atoms with E-state index in [0.717, 1.165) is 23.7 Å². The van der Waals surface area contributed by atoms with E-state index in [4.69, 9.17) is 4.74 Å². The number of carbonyl (C=O) groups is 1. The van der Waals surface area contributed by atoms with Crippen molar-refractivity contribution >= 4 is 27.7 Å². The van der Waals surface area contributed by atoms with Gasteiger partial charge in [-0.3, -0.25) is 4.79 Å². The average Bonchev–Trinajstić information content (AvgIpc) is 2.62. The van der Waals surface area contributed by atoms with Gasteiger partial charge in [-0.1, -0.05) is 22.0 Å². The number of ether oxygens (including phenoxy) is 1. The van der Waals surface area contributed by atoms with Crippen molar-refractivity contribution in [3.05, 3.63) is 28.7 Å². The van der Waals surface area contributed by atoms with Gasteiger partial charge in [0, 0.05) is 10.5 Å². The molecule has 0 saturated heterocycles. The highest BCUT2D eigenvalue weighted by atomic mass is 79.9. The highest BCUT2D eigenvalue weighted by Gasteiger charge is 2.59. The molecule has 4 fully saturated rings. The lowest BCUT2D eigenvalue weighted by atomic mass is 9.48. The van der Waals surface area contributed by atoms with Crippen LogP contribution in [0.15, 0.2) is 33.7 Å². The third kappa shape index (κ3) is 3.75. The summed E-state index contributed by atoms with van der Waals surface area (Å²) in [6.07, 6.45) is 6.25. The Labute approximate surface area is 179 Å². The number of halogens is 1. The van der Waals surface area contributed by atoms with Crippen molar-refractivity contribution in [1.29, 1.82) is 5.26 Å². The van der Waals surface area contributed by atoms with Gasteiger partial charge in [0.25, 0.3) is 0 Å². The van der Waals surface area contributed by atoms with E-state index < -0.39 is 17.0 Å². The van der Waals surface area contributed by atoms with Crippen LogP contribution in [0.5, 0.6) is 5.75 Å². The van der Waals surface area contributed by atoms with E-state index in [1.165, 1.54) is 0 Å². The van der Waals surface area contributed by atoms with Gasteiger partial charge in [0.15, 0.2) is 11.4 Å². The second kappa shape index (κ2) is 7.32. The first-order chi connectivity index (χ1) is 13.7. The zero-order chi connectivity index (χ0) is 20.8.